The van der Waals surface area contributed by atoms with Crippen LogP contribution in [0.1, 0.15) is 11.4 Å². The molecule has 1 aromatic heterocycles. The first kappa shape index (κ1) is 59.0. The van der Waals surface area contributed by atoms with Crippen molar-refractivity contribution < 1.29 is 134 Å². The quantitative estimate of drug-likeness (QED) is 0.0724. The van der Waals surface area contributed by atoms with Crippen LogP contribution in [-0.4, -0.2) is 61.7 Å². The molecular formula is C42H24Cu3N8O18S4. The minimum Gasteiger partial charge on any atom is -0.871 e. The van der Waals surface area contributed by atoms with Crippen LogP contribution in [0.15, 0.2) is 158 Å². The van der Waals surface area contributed by atoms with E-state index in [0.717, 1.165) is 28.9 Å². The van der Waals surface area contributed by atoms with Crippen LogP contribution >= 0.6 is 0 Å². The van der Waals surface area contributed by atoms with E-state index in [1.807, 2.05) is 0 Å². The Morgan fingerprint density at radius 1 is 0.520 bits per heavy atom. The minimum atomic E-state index is -5.83. The molecule has 1 heterocycles. The molecule has 0 aliphatic heterocycles. The maximum atomic E-state index is 13.6. The Morgan fingerprint density at radius 3 is 1.56 bits per heavy atom. The molecule has 0 aliphatic carbocycles. The molecule has 0 unspecified atom stereocenters. The molecule has 0 saturated carbocycles. The van der Waals surface area contributed by atoms with Gasteiger partial charge in [-0.2, -0.15) is 15.3 Å². The molecule has 0 N–H and O–H groups in total. The predicted molar refractivity (Wildman–Crippen MR) is 236 cm³/mol. The molecule has 26 nitrogen and oxygen atoms in total. The molecule has 397 valence electrons. The van der Waals surface area contributed by atoms with Crippen LogP contribution in [0.25, 0.3) is 38.4 Å². The van der Waals surface area contributed by atoms with E-state index < -0.39 is 139 Å². The zero-order valence-electron chi connectivity index (χ0n) is 40.3. The van der Waals surface area contributed by atoms with Crippen molar-refractivity contribution in [3.63, 3.8) is 0 Å². The first-order chi connectivity index (χ1) is 33.6. The second kappa shape index (κ2) is 21.7. The number of hydrogen-bond acceptors (Lipinski definition) is 25. The van der Waals surface area contributed by atoms with Crippen LogP contribution in [0.5, 0.6) is 28.7 Å². The maximum absolute atomic E-state index is 13.6. The first-order valence-electron chi connectivity index (χ1n) is 19.5. The van der Waals surface area contributed by atoms with Gasteiger partial charge in [-0.15, -0.1) is 15.9 Å². The van der Waals surface area contributed by atoms with Crippen LogP contribution in [0.3, 0.4) is 0 Å². The summed E-state index contributed by atoms with van der Waals surface area (Å²) in [6, 6.07) is 18.1. The number of azo groups is 3. The van der Waals surface area contributed by atoms with E-state index in [-0.39, 0.29) is 97.2 Å². The summed E-state index contributed by atoms with van der Waals surface area (Å²) in [5.74, 6) is -6.22. The third-order valence-corrected chi connectivity index (χ3v) is 13.7. The Labute approximate surface area is 459 Å². The largest absolute Gasteiger partial charge is 2.00 e. The summed E-state index contributed by atoms with van der Waals surface area (Å²) in [5.41, 5.74) is -3.90. The number of para-hydroxylation sites is 1. The van der Waals surface area contributed by atoms with E-state index in [0.29, 0.717) is 23.9 Å². The Balaban J connectivity index is 0.00000446. The van der Waals surface area contributed by atoms with E-state index in [2.05, 4.69) is 35.8 Å². The molecule has 7 aromatic carbocycles. The number of hydrogen-bond donors (Lipinski definition) is 0. The molecule has 0 fully saturated rings. The van der Waals surface area contributed by atoms with E-state index in [9.17, 15) is 82.2 Å². The normalized spacial score (nSPS) is 12.3. The summed E-state index contributed by atoms with van der Waals surface area (Å²) >= 11 is 0. The molecule has 8 aromatic rings. The summed E-state index contributed by atoms with van der Waals surface area (Å²) in [5, 5.41) is 89.0. The zero-order valence-corrected chi connectivity index (χ0v) is 42.4. The number of aromatic nitrogens is 2. The van der Waals surface area contributed by atoms with Crippen molar-refractivity contribution in [3.05, 3.63) is 119 Å². The second-order valence-corrected chi connectivity index (χ2v) is 20.3. The van der Waals surface area contributed by atoms with Gasteiger partial charge in [-0.25, -0.2) is 43.5 Å². The number of nitrogens with zero attached hydrogens (tertiary/aromatic N) is 8. The van der Waals surface area contributed by atoms with Crippen LogP contribution < -0.4 is 31.1 Å². The fraction of sp³-hybridized carbons (Fsp3) is 0.0238. The van der Waals surface area contributed by atoms with Crippen LogP contribution in [-0.2, 0) is 91.7 Å². The Kier molecular flexibility index (Phi) is 17.1. The fourth-order valence-corrected chi connectivity index (χ4v) is 9.60. The van der Waals surface area contributed by atoms with Gasteiger partial charge in [-0.3, -0.25) is 0 Å². The molecule has 0 atom stereocenters. The Morgan fingerprint density at radius 2 is 1.03 bits per heavy atom. The van der Waals surface area contributed by atoms with Crippen molar-refractivity contribution >= 4 is 96.1 Å². The van der Waals surface area contributed by atoms with E-state index >= 15 is 0 Å². The molecule has 3 radical (unpaired) electrons. The smallest absolute Gasteiger partial charge is 0.871 e. The summed E-state index contributed by atoms with van der Waals surface area (Å²) in [7, 11) is -23.0. The Hall–Kier alpha value is -6.93. The van der Waals surface area contributed by atoms with Crippen molar-refractivity contribution in [2.45, 2.75) is 26.5 Å². The second-order valence-electron chi connectivity index (χ2n) is 14.9. The summed E-state index contributed by atoms with van der Waals surface area (Å²) < 4.78 is 146. The van der Waals surface area contributed by atoms with Crippen molar-refractivity contribution in [1.82, 2.24) is 9.78 Å². The van der Waals surface area contributed by atoms with Crippen molar-refractivity contribution in [1.29, 1.82) is 0 Å². The van der Waals surface area contributed by atoms with E-state index in [1.165, 1.54) is 25.1 Å². The van der Waals surface area contributed by atoms with Gasteiger partial charge in [0.1, 0.15) is 46.0 Å². The topological polar surface area (TPSA) is 453 Å². The van der Waals surface area contributed by atoms with Gasteiger partial charge in [0.05, 0.1) is 53.7 Å². The molecule has 0 spiro atoms. The summed E-state index contributed by atoms with van der Waals surface area (Å²) in [6.45, 7) is 1.54. The maximum Gasteiger partial charge on any atom is 2.00 e. The van der Waals surface area contributed by atoms with Gasteiger partial charge in [-0.1, -0.05) is 89.9 Å². The van der Waals surface area contributed by atoms with Crippen LogP contribution in [0.4, 0.5) is 34.1 Å². The number of aryl methyl sites for hydroxylation is 1. The van der Waals surface area contributed by atoms with Gasteiger partial charge in [0.15, 0.2) is 0 Å². The van der Waals surface area contributed by atoms with Crippen LogP contribution in [0.2, 0.25) is 0 Å². The number of rotatable bonds is 12. The van der Waals surface area contributed by atoms with Crippen molar-refractivity contribution in [2.75, 3.05) is 0 Å². The molecule has 0 amide bonds. The van der Waals surface area contributed by atoms with E-state index in [1.54, 1.807) is 30.3 Å². The molecule has 0 aliphatic rings. The van der Waals surface area contributed by atoms with Gasteiger partial charge in [0.25, 0.3) is 0 Å². The molecule has 0 bridgehead atoms. The molecule has 75 heavy (non-hydrogen) atoms. The molecular weight excluding hydrogens is 1220 g/mol. The van der Waals surface area contributed by atoms with Gasteiger partial charge in [-0.05, 0) is 87.3 Å². The standard InChI is InChI=1S/C42H29N8O18S4.3Cu/c1-19-36(42(56)50(49-19)23-5-3-2-4-6-23)46-43-27-10-7-20(14-30(27)51)21-8-11-28(31(52)15-21)44-47-37-34(72(66,67)68)18-26-25(40(37)54)9-12-29(39(26)53)45-48-38-33(71(63,64)65)16-22-13-24(69(57,58)59)17-32(70(60,61)62)35(22)41(38)55;;;/h2-18,51-55H,1H3,(H,57,58,59)(H,60,61,62)(H,63,64,65)(H,66,67,68);;;/q-1;3*+2/p-5. The van der Waals surface area contributed by atoms with Gasteiger partial charge in [0, 0.05) is 0 Å². The van der Waals surface area contributed by atoms with Crippen molar-refractivity contribution in [2.24, 2.45) is 30.7 Å². The predicted octanol–water partition coefficient (Wildman–Crippen LogP) is 3.91. The third-order valence-electron chi connectivity index (χ3n) is 10.3. The average Bonchev–Trinajstić information content (AvgIpc) is 3.58. The monoisotopic (exact) mass is 1240 g/mol. The number of fused-ring (bicyclic) bond motifs is 2. The summed E-state index contributed by atoms with van der Waals surface area (Å²) in [6.07, 6.45) is 0. The zero-order chi connectivity index (χ0) is 52.4. The minimum absolute atomic E-state index is 0. The first-order valence-corrected chi connectivity index (χ1v) is 25.1. The van der Waals surface area contributed by atoms with Gasteiger partial charge < -0.3 is 53.7 Å². The summed E-state index contributed by atoms with van der Waals surface area (Å²) in [4.78, 5) is 6.84. The fourth-order valence-electron chi connectivity index (χ4n) is 6.99. The SMILES string of the molecule is Cc1nn(-c2ccccc2)c(=O)[c-]1N=Nc1ccc(-c2ccc(N=Nc3c(S(=O)(=O)[O-])cc4c([O-])c(N=Nc5c(S(=O)(=O)[O-])cc6cc(S(=O)(=O)[O-])cc(S(=O)(=O)[O-])c6c5[O-])ccc4c3[O-])c([O-])c2)cc1[O-].[Cu+2].[Cu+2].[Cu+2].[H+].[H+].[H+].[H+]. The van der Waals surface area contributed by atoms with E-state index in [4.69, 9.17) is 0 Å². The Bertz CT molecular complexity index is 4300. The molecule has 0 saturated heterocycles. The molecule has 8 rings (SSSR count). The number of benzene rings is 7. The average molecular weight is 1250 g/mol. The van der Waals surface area contributed by atoms with Crippen molar-refractivity contribution in [3.8, 4) is 45.6 Å². The van der Waals surface area contributed by atoms with Crippen LogP contribution in [0, 0.1) is 6.92 Å². The van der Waals surface area contributed by atoms with Gasteiger partial charge >= 0.3 is 56.9 Å². The van der Waals surface area contributed by atoms with Gasteiger partial charge in [0.2, 0.25) is 0 Å². The molecule has 33 heteroatoms. The third kappa shape index (κ3) is 11.8.